The molecule has 0 fully saturated rings. The zero-order valence-electron chi connectivity index (χ0n) is 11.0. The van der Waals surface area contributed by atoms with Crippen LogP contribution in [0.15, 0.2) is 42.5 Å². The average Bonchev–Trinajstić information content (AvgIpc) is 2.41. The van der Waals surface area contributed by atoms with E-state index < -0.39 is 0 Å². The van der Waals surface area contributed by atoms with E-state index in [1.54, 1.807) is 19.1 Å². The summed E-state index contributed by atoms with van der Waals surface area (Å²) in [4.78, 5) is 10.5. The molecule has 0 saturated heterocycles. The highest BCUT2D eigenvalue weighted by molar-refractivity contribution is 5.72. The van der Waals surface area contributed by atoms with Crippen molar-refractivity contribution < 1.29 is 4.92 Å². The van der Waals surface area contributed by atoms with E-state index in [-0.39, 0.29) is 10.6 Å². The van der Waals surface area contributed by atoms with Crippen molar-refractivity contribution in [3.63, 3.8) is 0 Å². The van der Waals surface area contributed by atoms with Crippen LogP contribution in [0.3, 0.4) is 0 Å². The topological polar surface area (TPSA) is 43.1 Å². The SMILES string of the molecule is Cc1c(C=Cc2ccccc2)ccc([N+](=O)[O-])c1C. The number of nitro benzene ring substituents is 1. The first-order chi connectivity index (χ1) is 9.09. The summed E-state index contributed by atoms with van der Waals surface area (Å²) >= 11 is 0. The first-order valence-electron chi connectivity index (χ1n) is 6.07. The van der Waals surface area contributed by atoms with Gasteiger partial charge in [0.25, 0.3) is 5.69 Å². The highest BCUT2D eigenvalue weighted by Crippen LogP contribution is 2.25. The maximum Gasteiger partial charge on any atom is 0.272 e. The summed E-state index contributed by atoms with van der Waals surface area (Å²) in [5.41, 5.74) is 3.96. The van der Waals surface area contributed by atoms with Crippen LogP contribution < -0.4 is 0 Å². The first kappa shape index (κ1) is 13.0. The molecule has 0 amide bonds. The Morgan fingerprint density at radius 2 is 1.63 bits per heavy atom. The quantitative estimate of drug-likeness (QED) is 0.462. The van der Waals surface area contributed by atoms with Crippen molar-refractivity contribution in [2.24, 2.45) is 0 Å². The van der Waals surface area contributed by atoms with Gasteiger partial charge in [-0.15, -0.1) is 0 Å². The number of nitro groups is 1. The molecule has 0 saturated carbocycles. The molecule has 2 rings (SSSR count). The summed E-state index contributed by atoms with van der Waals surface area (Å²) in [6.45, 7) is 3.69. The van der Waals surface area contributed by atoms with Gasteiger partial charge >= 0.3 is 0 Å². The standard InChI is InChI=1S/C16H15NO2/c1-12-13(2)16(17(18)19)11-10-15(12)9-8-14-6-4-3-5-7-14/h3-11H,1-2H3. The Morgan fingerprint density at radius 1 is 0.947 bits per heavy atom. The van der Waals surface area contributed by atoms with Crippen molar-refractivity contribution in [2.75, 3.05) is 0 Å². The fourth-order valence-electron chi connectivity index (χ4n) is 1.96. The van der Waals surface area contributed by atoms with Crippen molar-refractivity contribution >= 4 is 17.8 Å². The molecule has 0 aliphatic carbocycles. The molecule has 0 unspecified atom stereocenters. The molecule has 96 valence electrons. The van der Waals surface area contributed by atoms with Crippen molar-refractivity contribution in [3.05, 3.63) is 74.8 Å². The fourth-order valence-corrected chi connectivity index (χ4v) is 1.96. The smallest absolute Gasteiger partial charge is 0.258 e. The van der Waals surface area contributed by atoms with Gasteiger partial charge in [0.15, 0.2) is 0 Å². The molecular weight excluding hydrogens is 238 g/mol. The minimum absolute atomic E-state index is 0.175. The predicted molar refractivity (Wildman–Crippen MR) is 77.9 cm³/mol. The van der Waals surface area contributed by atoms with E-state index in [4.69, 9.17) is 0 Å². The summed E-state index contributed by atoms with van der Waals surface area (Å²) in [6, 6.07) is 13.3. The van der Waals surface area contributed by atoms with E-state index in [2.05, 4.69) is 0 Å². The minimum atomic E-state index is -0.340. The summed E-state index contributed by atoms with van der Waals surface area (Å²) < 4.78 is 0. The molecule has 0 aromatic heterocycles. The van der Waals surface area contributed by atoms with Crippen molar-refractivity contribution in [3.8, 4) is 0 Å². The fraction of sp³-hybridized carbons (Fsp3) is 0.125. The van der Waals surface area contributed by atoms with E-state index in [1.165, 1.54) is 0 Å². The van der Waals surface area contributed by atoms with E-state index in [1.807, 2.05) is 49.4 Å². The molecule has 0 N–H and O–H groups in total. The first-order valence-corrected chi connectivity index (χ1v) is 6.07. The predicted octanol–water partition coefficient (Wildman–Crippen LogP) is 4.38. The van der Waals surface area contributed by atoms with E-state index in [0.29, 0.717) is 0 Å². The third kappa shape index (κ3) is 2.88. The van der Waals surface area contributed by atoms with Crippen LogP contribution in [0.5, 0.6) is 0 Å². The van der Waals surface area contributed by atoms with Gasteiger partial charge in [-0.25, -0.2) is 0 Å². The van der Waals surface area contributed by atoms with Crippen LogP contribution in [0, 0.1) is 24.0 Å². The van der Waals surface area contributed by atoms with Crippen LogP contribution in [0.1, 0.15) is 22.3 Å². The molecule has 0 aliphatic heterocycles. The maximum atomic E-state index is 10.9. The average molecular weight is 253 g/mol. The van der Waals surface area contributed by atoms with E-state index in [9.17, 15) is 10.1 Å². The molecular formula is C16H15NO2. The lowest BCUT2D eigenvalue weighted by Gasteiger charge is -2.05. The summed E-state index contributed by atoms with van der Waals surface area (Å²) in [6.07, 6.45) is 4.00. The molecule has 2 aromatic carbocycles. The Morgan fingerprint density at radius 3 is 2.26 bits per heavy atom. The molecule has 0 spiro atoms. The molecule has 2 aromatic rings. The Balaban J connectivity index is 2.35. The molecule has 0 heterocycles. The van der Waals surface area contributed by atoms with Crippen LogP contribution >= 0.6 is 0 Å². The van der Waals surface area contributed by atoms with Crippen LogP contribution in [0.4, 0.5) is 5.69 Å². The summed E-state index contributed by atoms with van der Waals surface area (Å²) in [7, 11) is 0. The molecule has 0 radical (unpaired) electrons. The minimum Gasteiger partial charge on any atom is -0.258 e. The van der Waals surface area contributed by atoms with Crippen LogP contribution in [-0.2, 0) is 0 Å². The number of hydrogen-bond donors (Lipinski definition) is 0. The second-order valence-electron chi connectivity index (χ2n) is 4.43. The lowest BCUT2D eigenvalue weighted by Crippen LogP contribution is -1.95. The van der Waals surface area contributed by atoms with Crippen molar-refractivity contribution in [1.29, 1.82) is 0 Å². The highest BCUT2D eigenvalue weighted by Gasteiger charge is 2.13. The lowest BCUT2D eigenvalue weighted by molar-refractivity contribution is -0.385. The Kier molecular flexibility index (Phi) is 3.76. The Hall–Kier alpha value is -2.42. The van der Waals surface area contributed by atoms with Crippen molar-refractivity contribution in [2.45, 2.75) is 13.8 Å². The van der Waals surface area contributed by atoms with Gasteiger partial charge in [-0.3, -0.25) is 10.1 Å². The summed E-state index contributed by atoms with van der Waals surface area (Å²) in [5.74, 6) is 0. The molecule has 3 heteroatoms. The van der Waals surface area contributed by atoms with Gasteiger partial charge in [-0.05, 0) is 36.6 Å². The third-order valence-corrected chi connectivity index (χ3v) is 3.25. The van der Waals surface area contributed by atoms with Crippen LogP contribution in [0.2, 0.25) is 0 Å². The molecule has 0 aliphatic rings. The zero-order valence-corrected chi connectivity index (χ0v) is 11.0. The van der Waals surface area contributed by atoms with Gasteiger partial charge in [-0.2, -0.15) is 0 Å². The zero-order chi connectivity index (χ0) is 13.8. The third-order valence-electron chi connectivity index (χ3n) is 3.25. The van der Waals surface area contributed by atoms with E-state index in [0.717, 1.165) is 22.3 Å². The second kappa shape index (κ2) is 5.48. The maximum absolute atomic E-state index is 10.9. The van der Waals surface area contributed by atoms with Gasteiger partial charge in [0.05, 0.1) is 4.92 Å². The number of hydrogen-bond acceptors (Lipinski definition) is 2. The van der Waals surface area contributed by atoms with Crippen LogP contribution in [0.25, 0.3) is 12.2 Å². The van der Waals surface area contributed by atoms with E-state index >= 15 is 0 Å². The van der Waals surface area contributed by atoms with Gasteiger partial charge in [0.2, 0.25) is 0 Å². The number of rotatable bonds is 3. The molecule has 0 atom stereocenters. The Bertz CT molecular complexity index is 631. The lowest BCUT2D eigenvalue weighted by atomic mass is 10.0. The van der Waals surface area contributed by atoms with Crippen molar-refractivity contribution in [1.82, 2.24) is 0 Å². The monoisotopic (exact) mass is 253 g/mol. The largest absolute Gasteiger partial charge is 0.272 e. The van der Waals surface area contributed by atoms with Gasteiger partial charge in [0, 0.05) is 11.6 Å². The second-order valence-corrected chi connectivity index (χ2v) is 4.43. The Labute approximate surface area is 112 Å². The molecule has 0 bridgehead atoms. The normalized spacial score (nSPS) is 10.8. The molecule has 3 nitrogen and oxygen atoms in total. The van der Waals surface area contributed by atoms with Gasteiger partial charge in [-0.1, -0.05) is 42.5 Å². The van der Waals surface area contributed by atoms with Gasteiger partial charge in [0.1, 0.15) is 0 Å². The summed E-state index contributed by atoms with van der Waals surface area (Å²) in [5, 5.41) is 10.9. The number of nitrogens with zero attached hydrogens (tertiary/aromatic N) is 1. The highest BCUT2D eigenvalue weighted by atomic mass is 16.6. The molecule has 19 heavy (non-hydrogen) atoms. The van der Waals surface area contributed by atoms with Gasteiger partial charge < -0.3 is 0 Å². The number of benzene rings is 2. The van der Waals surface area contributed by atoms with Crippen LogP contribution in [-0.4, -0.2) is 4.92 Å².